The Labute approximate surface area is 104 Å². The second-order valence-corrected chi connectivity index (χ2v) is 6.44. The third kappa shape index (κ3) is 2.02. The van der Waals surface area contributed by atoms with Crippen molar-refractivity contribution in [1.29, 1.82) is 0 Å². The van der Waals surface area contributed by atoms with Crippen molar-refractivity contribution in [3.05, 3.63) is 20.8 Å². The van der Waals surface area contributed by atoms with Gasteiger partial charge in [-0.15, -0.1) is 0 Å². The number of hydrogen-bond donors (Lipinski definition) is 1. The van der Waals surface area contributed by atoms with Gasteiger partial charge in [-0.05, 0) is 46.0 Å². The van der Waals surface area contributed by atoms with E-state index >= 15 is 0 Å². The Balaban J connectivity index is 2.35. The van der Waals surface area contributed by atoms with Crippen LogP contribution in [0.25, 0.3) is 0 Å². The van der Waals surface area contributed by atoms with Crippen molar-refractivity contribution >= 4 is 27.3 Å². The minimum atomic E-state index is -0.615. The Morgan fingerprint density at radius 1 is 1.40 bits per heavy atom. The predicted molar refractivity (Wildman–Crippen MR) is 68.1 cm³/mol. The molecule has 1 N–H and O–H groups in total. The highest BCUT2D eigenvalue weighted by atomic mass is 79.9. The van der Waals surface area contributed by atoms with E-state index in [0.717, 1.165) is 22.9 Å². The Hall–Kier alpha value is 0.140. The van der Waals surface area contributed by atoms with Crippen LogP contribution in [-0.4, -0.2) is 5.11 Å². The van der Waals surface area contributed by atoms with Gasteiger partial charge < -0.3 is 5.11 Å². The summed E-state index contributed by atoms with van der Waals surface area (Å²) in [5, 5.41) is 15.0. The zero-order valence-electron chi connectivity index (χ0n) is 9.16. The molecule has 3 atom stereocenters. The normalized spacial score (nSPS) is 36.8. The van der Waals surface area contributed by atoms with Crippen LogP contribution >= 0.6 is 27.3 Å². The summed E-state index contributed by atoms with van der Waals surface area (Å²) in [7, 11) is 0. The molecule has 15 heavy (non-hydrogen) atoms. The molecule has 0 amide bonds. The fraction of sp³-hybridized carbons (Fsp3) is 0.667. The van der Waals surface area contributed by atoms with Crippen molar-refractivity contribution in [1.82, 2.24) is 0 Å². The lowest BCUT2D eigenvalue weighted by Crippen LogP contribution is -2.39. The van der Waals surface area contributed by atoms with Crippen LogP contribution in [0.2, 0.25) is 0 Å². The SMILES string of the molecule is CC1CCC(C)C(O)(c2cscc2Br)C1. The molecule has 1 fully saturated rings. The molecule has 1 heterocycles. The lowest BCUT2D eigenvalue weighted by Gasteiger charge is -2.41. The van der Waals surface area contributed by atoms with Crippen LogP contribution in [0, 0.1) is 11.8 Å². The average Bonchev–Trinajstić information content (AvgIpc) is 2.59. The fourth-order valence-electron chi connectivity index (χ4n) is 2.57. The molecule has 1 aliphatic rings. The van der Waals surface area contributed by atoms with E-state index in [9.17, 15) is 5.11 Å². The largest absolute Gasteiger partial charge is 0.385 e. The fourth-order valence-corrected chi connectivity index (χ4v) is 4.29. The molecule has 0 aromatic carbocycles. The van der Waals surface area contributed by atoms with Crippen molar-refractivity contribution in [2.24, 2.45) is 11.8 Å². The standard InChI is InChI=1S/C12H17BrOS/c1-8-3-4-9(2)12(14,5-8)10-6-15-7-11(10)13/h6-9,14H,3-5H2,1-2H3. The first kappa shape index (κ1) is 11.6. The first-order valence-corrected chi connectivity index (χ1v) is 7.22. The Morgan fingerprint density at radius 2 is 2.13 bits per heavy atom. The van der Waals surface area contributed by atoms with Crippen LogP contribution in [0.5, 0.6) is 0 Å². The van der Waals surface area contributed by atoms with E-state index in [4.69, 9.17) is 0 Å². The molecule has 0 spiro atoms. The summed E-state index contributed by atoms with van der Waals surface area (Å²) < 4.78 is 1.07. The first-order valence-electron chi connectivity index (χ1n) is 5.48. The van der Waals surface area contributed by atoms with Crippen LogP contribution in [0.1, 0.15) is 38.7 Å². The molecule has 1 saturated carbocycles. The predicted octanol–water partition coefficient (Wildman–Crippen LogP) is 4.15. The van der Waals surface area contributed by atoms with E-state index < -0.39 is 5.60 Å². The van der Waals surface area contributed by atoms with Gasteiger partial charge in [0.25, 0.3) is 0 Å². The quantitative estimate of drug-likeness (QED) is 0.823. The molecule has 0 radical (unpaired) electrons. The Bertz CT molecular complexity index is 349. The van der Waals surface area contributed by atoms with E-state index in [2.05, 4.69) is 40.5 Å². The molecule has 1 aromatic rings. The highest BCUT2D eigenvalue weighted by Crippen LogP contribution is 2.46. The van der Waals surface area contributed by atoms with Crippen molar-refractivity contribution in [2.75, 3.05) is 0 Å². The summed E-state index contributed by atoms with van der Waals surface area (Å²) in [6, 6.07) is 0. The van der Waals surface area contributed by atoms with E-state index in [0.29, 0.717) is 11.8 Å². The number of rotatable bonds is 1. The lowest BCUT2D eigenvalue weighted by atomic mass is 9.69. The molecule has 3 heteroatoms. The van der Waals surface area contributed by atoms with E-state index in [1.54, 1.807) is 11.3 Å². The van der Waals surface area contributed by atoms with Crippen molar-refractivity contribution in [3.8, 4) is 0 Å². The number of hydrogen-bond acceptors (Lipinski definition) is 2. The third-order valence-corrected chi connectivity index (χ3v) is 5.35. The summed E-state index contributed by atoms with van der Waals surface area (Å²) in [6.07, 6.45) is 3.26. The van der Waals surface area contributed by atoms with Crippen LogP contribution in [-0.2, 0) is 5.60 Å². The number of aliphatic hydroxyl groups is 1. The number of halogens is 1. The molecule has 1 nitrogen and oxygen atoms in total. The van der Waals surface area contributed by atoms with Crippen LogP contribution in [0.3, 0.4) is 0 Å². The molecule has 0 saturated heterocycles. The van der Waals surface area contributed by atoms with Gasteiger partial charge in [0.05, 0.1) is 5.60 Å². The third-order valence-electron chi connectivity index (χ3n) is 3.65. The summed E-state index contributed by atoms with van der Waals surface area (Å²) in [5.74, 6) is 0.984. The maximum absolute atomic E-state index is 10.8. The molecule has 3 unspecified atom stereocenters. The van der Waals surface area contributed by atoms with E-state index in [1.807, 2.05) is 0 Å². The molecule has 84 valence electrons. The van der Waals surface area contributed by atoms with Gasteiger partial charge in [0.15, 0.2) is 0 Å². The summed E-state index contributed by atoms with van der Waals surface area (Å²) in [6.45, 7) is 4.40. The summed E-state index contributed by atoms with van der Waals surface area (Å²) in [4.78, 5) is 0. The maximum Gasteiger partial charge on any atom is 0.0943 e. The van der Waals surface area contributed by atoms with Gasteiger partial charge in [-0.2, -0.15) is 11.3 Å². The minimum absolute atomic E-state index is 0.361. The highest BCUT2D eigenvalue weighted by Gasteiger charge is 2.41. The zero-order chi connectivity index (χ0) is 11.1. The Kier molecular flexibility index (Phi) is 3.25. The topological polar surface area (TPSA) is 20.2 Å². The van der Waals surface area contributed by atoms with Gasteiger partial charge in [-0.3, -0.25) is 0 Å². The maximum atomic E-state index is 10.8. The van der Waals surface area contributed by atoms with Crippen molar-refractivity contribution in [3.63, 3.8) is 0 Å². The van der Waals surface area contributed by atoms with Gasteiger partial charge in [-0.1, -0.05) is 20.3 Å². The first-order chi connectivity index (χ1) is 7.04. The van der Waals surface area contributed by atoms with E-state index in [1.165, 1.54) is 6.42 Å². The van der Waals surface area contributed by atoms with Crippen LogP contribution in [0.15, 0.2) is 15.2 Å². The molecule has 1 aromatic heterocycles. The second kappa shape index (κ2) is 4.19. The lowest BCUT2D eigenvalue weighted by molar-refractivity contribution is -0.0629. The molecule has 0 bridgehead atoms. The van der Waals surface area contributed by atoms with Gasteiger partial charge in [0, 0.05) is 15.4 Å². The summed E-state index contributed by atoms with van der Waals surface area (Å²) in [5.41, 5.74) is 0.475. The zero-order valence-corrected chi connectivity index (χ0v) is 11.6. The monoisotopic (exact) mass is 288 g/mol. The summed E-state index contributed by atoms with van der Waals surface area (Å²) >= 11 is 5.19. The van der Waals surface area contributed by atoms with Gasteiger partial charge in [0.1, 0.15) is 0 Å². The molecular formula is C12H17BrOS. The minimum Gasteiger partial charge on any atom is -0.385 e. The number of thiophene rings is 1. The van der Waals surface area contributed by atoms with Crippen LogP contribution in [0.4, 0.5) is 0 Å². The van der Waals surface area contributed by atoms with Gasteiger partial charge >= 0.3 is 0 Å². The molecule has 2 rings (SSSR count). The van der Waals surface area contributed by atoms with Gasteiger partial charge in [0.2, 0.25) is 0 Å². The van der Waals surface area contributed by atoms with Crippen molar-refractivity contribution in [2.45, 2.75) is 38.7 Å². The van der Waals surface area contributed by atoms with Gasteiger partial charge in [-0.25, -0.2) is 0 Å². The highest BCUT2D eigenvalue weighted by molar-refractivity contribution is 9.10. The van der Waals surface area contributed by atoms with E-state index in [-0.39, 0.29) is 0 Å². The second-order valence-electron chi connectivity index (χ2n) is 4.85. The molecular weight excluding hydrogens is 272 g/mol. The average molecular weight is 289 g/mol. The molecule has 0 aliphatic heterocycles. The smallest absolute Gasteiger partial charge is 0.0943 e. The van der Waals surface area contributed by atoms with Crippen molar-refractivity contribution < 1.29 is 5.11 Å². The van der Waals surface area contributed by atoms with Crippen LogP contribution < -0.4 is 0 Å². The Morgan fingerprint density at radius 3 is 2.73 bits per heavy atom. The molecule has 1 aliphatic carbocycles.